The maximum Gasteiger partial charge on any atom is 0.143 e. The molecule has 1 aromatic carbocycles. The molecule has 0 aromatic heterocycles. The molecule has 74 valence electrons. The molecule has 0 radical (unpaired) electrons. The Morgan fingerprint density at radius 3 is 2.50 bits per heavy atom. The molecular formula is C13H16O. The van der Waals surface area contributed by atoms with E-state index >= 15 is 0 Å². The second-order valence-electron chi connectivity index (χ2n) is 3.59. The van der Waals surface area contributed by atoms with E-state index in [0.717, 1.165) is 5.56 Å². The third kappa shape index (κ3) is 2.56. The summed E-state index contributed by atoms with van der Waals surface area (Å²) in [5, 5.41) is 0. The highest BCUT2D eigenvalue weighted by molar-refractivity contribution is 5.86. The van der Waals surface area contributed by atoms with E-state index in [2.05, 4.69) is 6.58 Å². The van der Waals surface area contributed by atoms with Crippen molar-refractivity contribution >= 4 is 5.78 Å². The number of carbonyl (C=O) groups excluding carboxylic acids is 1. The number of carbonyl (C=O) groups is 1. The lowest BCUT2D eigenvalue weighted by Crippen LogP contribution is -2.07. The van der Waals surface area contributed by atoms with Crippen molar-refractivity contribution in [2.75, 3.05) is 0 Å². The molecule has 0 aliphatic carbocycles. The van der Waals surface area contributed by atoms with E-state index in [4.69, 9.17) is 0 Å². The van der Waals surface area contributed by atoms with Crippen LogP contribution in [-0.2, 0) is 4.79 Å². The number of hydrogen-bond donors (Lipinski definition) is 0. The Morgan fingerprint density at radius 1 is 1.43 bits per heavy atom. The minimum absolute atomic E-state index is 0.0198. The van der Waals surface area contributed by atoms with Gasteiger partial charge in [-0.25, -0.2) is 0 Å². The van der Waals surface area contributed by atoms with Gasteiger partial charge >= 0.3 is 0 Å². The molecule has 0 fully saturated rings. The summed E-state index contributed by atoms with van der Waals surface area (Å²) < 4.78 is 0. The standard InChI is InChI=1S/C13H16O/c1-4-5-13(14)11(3)12-8-6-10(2)7-9-12/h4,6-9,11H,1,5H2,2-3H3. The van der Waals surface area contributed by atoms with Crippen molar-refractivity contribution in [3.63, 3.8) is 0 Å². The van der Waals surface area contributed by atoms with Gasteiger partial charge in [-0.2, -0.15) is 0 Å². The van der Waals surface area contributed by atoms with Gasteiger partial charge in [-0.3, -0.25) is 4.79 Å². The molecule has 0 bridgehead atoms. The van der Waals surface area contributed by atoms with E-state index in [1.807, 2.05) is 38.1 Å². The fraction of sp³-hybridized carbons (Fsp3) is 0.308. The zero-order valence-corrected chi connectivity index (χ0v) is 8.79. The first kappa shape index (κ1) is 10.7. The summed E-state index contributed by atoms with van der Waals surface area (Å²) in [5.74, 6) is 0.206. The Kier molecular flexibility index (Phi) is 3.63. The van der Waals surface area contributed by atoms with Crippen molar-refractivity contribution in [2.24, 2.45) is 0 Å². The average Bonchev–Trinajstić information content (AvgIpc) is 2.18. The van der Waals surface area contributed by atoms with Crippen molar-refractivity contribution in [2.45, 2.75) is 26.2 Å². The summed E-state index contributed by atoms with van der Waals surface area (Å²) in [5.41, 5.74) is 2.31. The summed E-state index contributed by atoms with van der Waals surface area (Å²) in [6, 6.07) is 8.10. The molecule has 14 heavy (non-hydrogen) atoms. The molecule has 1 unspecified atom stereocenters. The molecule has 1 aromatic rings. The van der Waals surface area contributed by atoms with E-state index in [1.165, 1.54) is 5.56 Å². The van der Waals surface area contributed by atoms with Crippen molar-refractivity contribution in [3.05, 3.63) is 48.0 Å². The number of hydrogen-bond acceptors (Lipinski definition) is 1. The van der Waals surface area contributed by atoms with Gasteiger partial charge in [-0.05, 0) is 12.5 Å². The van der Waals surface area contributed by atoms with Gasteiger partial charge in [0.15, 0.2) is 0 Å². The van der Waals surface area contributed by atoms with E-state index in [-0.39, 0.29) is 11.7 Å². The lowest BCUT2D eigenvalue weighted by Gasteiger charge is -2.09. The van der Waals surface area contributed by atoms with E-state index in [1.54, 1.807) is 6.08 Å². The predicted molar refractivity (Wildman–Crippen MR) is 59.4 cm³/mol. The van der Waals surface area contributed by atoms with Gasteiger partial charge in [-0.1, -0.05) is 42.8 Å². The van der Waals surface area contributed by atoms with Gasteiger partial charge in [0.25, 0.3) is 0 Å². The van der Waals surface area contributed by atoms with E-state index in [0.29, 0.717) is 6.42 Å². The summed E-state index contributed by atoms with van der Waals surface area (Å²) in [6.45, 7) is 7.55. The first-order valence-corrected chi connectivity index (χ1v) is 4.85. The molecule has 1 nitrogen and oxygen atoms in total. The topological polar surface area (TPSA) is 17.1 Å². The molecule has 0 N–H and O–H groups in total. The second kappa shape index (κ2) is 4.75. The Morgan fingerprint density at radius 2 is 2.00 bits per heavy atom. The quantitative estimate of drug-likeness (QED) is 0.663. The van der Waals surface area contributed by atoms with Gasteiger partial charge in [0.2, 0.25) is 0 Å². The number of rotatable bonds is 4. The third-order valence-corrected chi connectivity index (χ3v) is 2.41. The SMILES string of the molecule is C=CCC(=O)C(C)c1ccc(C)cc1. The Balaban J connectivity index is 2.78. The number of Topliss-reactive ketones (excluding diaryl/α,β-unsaturated/α-hetero) is 1. The fourth-order valence-electron chi connectivity index (χ4n) is 1.36. The van der Waals surface area contributed by atoms with Crippen molar-refractivity contribution in [1.82, 2.24) is 0 Å². The average molecular weight is 188 g/mol. The Labute approximate surface area is 85.5 Å². The van der Waals surface area contributed by atoms with Crippen LogP contribution < -0.4 is 0 Å². The van der Waals surface area contributed by atoms with E-state index < -0.39 is 0 Å². The zero-order valence-electron chi connectivity index (χ0n) is 8.79. The summed E-state index contributed by atoms with van der Waals surface area (Å²) >= 11 is 0. The Hall–Kier alpha value is -1.37. The lowest BCUT2D eigenvalue weighted by molar-refractivity contribution is -0.119. The first-order valence-electron chi connectivity index (χ1n) is 4.85. The van der Waals surface area contributed by atoms with Gasteiger partial charge in [0.1, 0.15) is 5.78 Å². The second-order valence-corrected chi connectivity index (χ2v) is 3.59. The maximum atomic E-state index is 11.6. The van der Waals surface area contributed by atoms with Crippen LogP contribution in [0.5, 0.6) is 0 Å². The summed E-state index contributed by atoms with van der Waals surface area (Å²) in [6.07, 6.45) is 2.11. The first-order chi connectivity index (χ1) is 6.65. The van der Waals surface area contributed by atoms with Crippen molar-refractivity contribution in [3.8, 4) is 0 Å². The van der Waals surface area contributed by atoms with Gasteiger partial charge < -0.3 is 0 Å². The lowest BCUT2D eigenvalue weighted by atomic mass is 9.94. The summed E-state index contributed by atoms with van der Waals surface area (Å²) in [7, 11) is 0. The number of allylic oxidation sites excluding steroid dienone is 1. The number of benzene rings is 1. The highest BCUT2D eigenvalue weighted by atomic mass is 16.1. The fourth-order valence-corrected chi connectivity index (χ4v) is 1.36. The minimum Gasteiger partial charge on any atom is -0.299 e. The van der Waals surface area contributed by atoms with Crippen LogP contribution in [0.4, 0.5) is 0 Å². The van der Waals surface area contributed by atoms with Gasteiger partial charge in [0.05, 0.1) is 0 Å². The molecule has 0 saturated heterocycles. The third-order valence-electron chi connectivity index (χ3n) is 2.41. The predicted octanol–water partition coefficient (Wildman–Crippen LogP) is 3.24. The molecule has 1 heteroatoms. The van der Waals surface area contributed by atoms with Crippen LogP contribution in [-0.4, -0.2) is 5.78 Å². The molecule has 0 spiro atoms. The molecular weight excluding hydrogens is 172 g/mol. The van der Waals surface area contributed by atoms with Crippen LogP contribution >= 0.6 is 0 Å². The van der Waals surface area contributed by atoms with Crippen LogP contribution in [0.3, 0.4) is 0 Å². The summed E-state index contributed by atoms with van der Waals surface area (Å²) in [4.78, 5) is 11.6. The smallest absolute Gasteiger partial charge is 0.143 e. The normalized spacial score (nSPS) is 12.1. The highest BCUT2D eigenvalue weighted by Gasteiger charge is 2.12. The van der Waals surface area contributed by atoms with Crippen LogP contribution in [0, 0.1) is 6.92 Å². The molecule has 0 amide bonds. The molecule has 1 rings (SSSR count). The number of aryl methyl sites for hydroxylation is 1. The van der Waals surface area contributed by atoms with Crippen LogP contribution in [0.15, 0.2) is 36.9 Å². The van der Waals surface area contributed by atoms with Crippen LogP contribution in [0.2, 0.25) is 0 Å². The number of ketones is 1. The van der Waals surface area contributed by atoms with Gasteiger partial charge in [0, 0.05) is 12.3 Å². The molecule has 0 heterocycles. The molecule has 0 aliphatic rings. The monoisotopic (exact) mass is 188 g/mol. The largest absolute Gasteiger partial charge is 0.299 e. The highest BCUT2D eigenvalue weighted by Crippen LogP contribution is 2.18. The van der Waals surface area contributed by atoms with Crippen LogP contribution in [0.25, 0.3) is 0 Å². The zero-order chi connectivity index (χ0) is 10.6. The Bertz CT molecular complexity index is 322. The molecule has 1 atom stereocenters. The van der Waals surface area contributed by atoms with Crippen molar-refractivity contribution < 1.29 is 4.79 Å². The maximum absolute atomic E-state index is 11.6. The molecule has 0 saturated carbocycles. The van der Waals surface area contributed by atoms with E-state index in [9.17, 15) is 4.79 Å². The van der Waals surface area contributed by atoms with Gasteiger partial charge in [-0.15, -0.1) is 6.58 Å². The minimum atomic E-state index is -0.0198. The van der Waals surface area contributed by atoms with Crippen molar-refractivity contribution in [1.29, 1.82) is 0 Å². The molecule has 0 aliphatic heterocycles. The van der Waals surface area contributed by atoms with Crippen LogP contribution in [0.1, 0.15) is 30.4 Å².